The molecule has 3 rings (SSSR count). The predicted molar refractivity (Wildman–Crippen MR) is 74.1 cm³/mol. The highest BCUT2D eigenvalue weighted by Gasteiger charge is 2.18. The number of ether oxygens (including phenoxy) is 1. The Morgan fingerprint density at radius 3 is 2.67 bits per heavy atom. The SMILES string of the molecule is c1ccc(NCC2COc3ccccc3C2)cc1. The van der Waals surface area contributed by atoms with Crippen molar-refractivity contribution in [2.45, 2.75) is 6.42 Å². The van der Waals surface area contributed by atoms with Gasteiger partial charge in [0.2, 0.25) is 0 Å². The van der Waals surface area contributed by atoms with Gasteiger partial charge in [0.1, 0.15) is 5.75 Å². The molecular weight excluding hydrogens is 222 g/mol. The summed E-state index contributed by atoms with van der Waals surface area (Å²) in [6.45, 7) is 1.76. The van der Waals surface area contributed by atoms with Crippen LogP contribution in [-0.2, 0) is 6.42 Å². The summed E-state index contributed by atoms with van der Waals surface area (Å²) in [4.78, 5) is 0. The predicted octanol–water partition coefficient (Wildman–Crippen LogP) is 3.35. The molecule has 2 aromatic rings. The molecule has 0 saturated heterocycles. The number of fused-ring (bicyclic) bond motifs is 1. The zero-order valence-corrected chi connectivity index (χ0v) is 10.3. The second-order valence-corrected chi connectivity index (χ2v) is 4.74. The summed E-state index contributed by atoms with van der Waals surface area (Å²) in [5, 5.41) is 3.47. The highest BCUT2D eigenvalue weighted by atomic mass is 16.5. The van der Waals surface area contributed by atoms with E-state index in [2.05, 4.69) is 47.8 Å². The third-order valence-electron chi connectivity index (χ3n) is 3.32. The Bertz CT molecular complexity index is 510. The summed E-state index contributed by atoms with van der Waals surface area (Å²) in [6, 6.07) is 18.6. The van der Waals surface area contributed by atoms with E-state index in [1.165, 1.54) is 11.3 Å². The molecule has 0 bridgehead atoms. The molecular formula is C16H17NO. The molecule has 0 aromatic heterocycles. The van der Waals surface area contributed by atoms with Crippen LogP contribution in [0.4, 0.5) is 5.69 Å². The van der Waals surface area contributed by atoms with Gasteiger partial charge in [-0.2, -0.15) is 0 Å². The van der Waals surface area contributed by atoms with Crippen LogP contribution in [0, 0.1) is 5.92 Å². The average molecular weight is 239 g/mol. The number of hydrogen-bond acceptors (Lipinski definition) is 2. The van der Waals surface area contributed by atoms with Gasteiger partial charge in [-0.1, -0.05) is 36.4 Å². The molecule has 1 aliphatic heterocycles. The molecule has 2 aromatic carbocycles. The topological polar surface area (TPSA) is 21.3 Å². The third kappa shape index (κ3) is 2.48. The Balaban J connectivity index is 1.60. The molecule has 0 saturated carbocycles. The van der Waals surface area contributed by atoms with Gasteiger partial charge in [-0.05, 0) is 30.2 Å². The molecule has 0 amide bonds. The standard InChI is InChI=1S/C16H17NO/c1-2-7-15(8-3-1)17-11-13-10-14-6-4-5-9-16(14)18-12-13/h1-9,13,17H,10-12H2. The number of anilines is 1. The van der Waals surface area contributed by atoms with Crippen molar-refractivity contribution in [1.82, 2.24) is 0 Å². The summed E-state index contributed by atoms with van der Waals surface area (Å²) in [7, 11) is 0. The van der Waals surface area contributed by atoms with Crippen molar-refractivity contribution in [1.29, 1.82) is 0 Å². The maximum Gasteiger partial charge on any atom is 0.122 e. The Morgan fingerprint density at radius 1 is 1.00 bits per heavy atom. The van der Waals surface area contributed by atoms with E-state index in [1.54, 1.807) is 0 Å². The minimum absolute atomic E-state index is 0.542. The lowest BCUT2D eigenvalue weighted by atomic mass is 9.97. The molecule has 2 heteroatoms. The lowest BCUT2D eigenvalue weighted by molar-refractivity contribution is 0.229. The summed E-state index contributed by atoms with van der Waals surface area (Å²) in [5.41, 5.74) is 2.50. The van der Waals surface area contributed by atoms with E-state index in [0.29, 0.717) is 5.92 Å². The van der Waals surface area contributed by atoms with Gasteiger partial charge in [0.15, 0.2) is 0 Å². The molecule has 2 nitrogen and oxygen atoms in total. The van der Waals surface area contributed by atoms with E-state index in [0.717, 1.165) is 25.3 Å². The number of hydrogen-bond donors (Lipinski definition) is 1. The molecule has 1 aliphatic rings. The maximum absolute atomic E-state index is 5.78. The van der Waals surface area contributed by atoms with Gasteiger partial charge in [0, 0.05) is 18.2 Å². The molecule has 0 radical (unpaired) electrons. The van der Waals surface area contributed by atoms with Gasteiger partial charge in [0.05, 0.1) is 6.61 Å². The third-order valence-corrected chi connectivity index (χ3v) is 3.32. The molecule has 1 unspecified atom stereocenters. The highest BCUT2D eigenvalue weighted by Crippen LogP contribution is 2.26. The Morgan fingerprint density at radius 2 is 1.78 bits per heavy atom. The molecule has 92 valence electrons. The van der Waals surface area contributed by atoms with E-state index >= 15 is 0 Å². The number of nitrogens with one attached hydrogen (secondary N) is 1. The fourth-order valence-electron chi connectivity index (χ4n) is 2.34. The molecule has 1 N–H and O–H groups in total. The second-order valence-electron chi connectivity index (χ2n) is 4.74. The minimum atomic E-state index is 0.542. The Hall–Kier alpha value is -1.96. The van der Waals surface area contributed by atoms with Gasteiger partial charge in [-0.15, -0.1) is 0 Å². The van der Waals surface area contributed by atoms with Gasteiger partial charge in [-0.3, -0.25) is 0 Å². The van der Waals surface area contributed by atoms with Gasteiger partial charge < -0.3 is 10.1 Å². The van der Waals surface area contributed by atoms with Crippen LogP contribution in [0.2, 0.25) is 0 Å². The van der Waals surface area contributed by atoms with E-state index in [-0.39, 0.29) is 0 Å². The van der Waals surface area contributed by atoms with Crippen molar-refractivity contribution in [3.05, 3.63) is 60.2 Å². The number of rotatable bonds is 3. The smallest absolute Gasteiger partial charge is 0.122 e. The Kier molecular flexibility index (Phi) is 3.18. The molecule has 0 spiro atoms. The summed E-state index contributed by atoms with van der Waals surface area (Å²) in [6.07, 6.45) is 1.09. The van der Waals surface area contributed by atoms with Crippen molar-refractivity contribution >= 4 is 5.69 Å². The Labute approximate surface area is 108 Å². The van der Waals surface area contributed by atoms with Gasteiger partial charge >= 0.3 is 0 Å². The van der Waals surface area contributed by atoms with Gasteiger partial charge in [-0.25, -0.2) is 0 Å². The van der Waals surface area contributed by atoms with Crippen LogP contribution in [0.3, 0.4) is 0 Å². The lowest BCUT2D eigenvalue weighted by Gasteiger charge is -2.25. The average Bonchev–Trinajstić information content (AvgIpc) is 2.46. The first-order chi connectivity index (χ1) is 8.92. The second kappa shape index (κ2) is 5.13. The van der Waals surface area contributed by atoms with E-state index in [9.17, 15) is 0 Å². The van der Waals surface area contributed by atoms with E-state index in [1.807, 2.05) is 12.1 Å². The van der Waals surface area contributed by atoms with Crippen molar-refractivity contribution in [2.24, 2.45) is 5.92 Å². The first kappa shape index (κ1) is 11.1. The molecule has 18 heavy (non-hydrogen) atoms. The van der Waals surface area contributed by atoms with Crippen LogP contribution < -0.4 is 10.1 Å². The van der Waals surface area contributed by atoms with Crippen molar-refractivity contribution in [3.8, 4) is 5.75 Å². The minimum Gasteiger partial charge on any atom is -0.493 e. The van der Waals surface area contributed by atoms with Crippen molar-refractivity contribution in [3.63, 3.8) is 0 Å². The maximum atomic E-state index is 5.78. The number of para-hydroxylation sites is 2. The first-order valence-electron chi connectivity index (χ1n) is 6.41. The van der Waals surface area contributed by atoms with Crippen LogP contribution in [0.5, 0.6) is 5.75 Å². The fraction of sp³-hybridized carbons (Fsp3) is 0.250. The molecule has 1 heterocycles. The largest absolute Gasteiger partial charge is 0.493 e. The van der Waals surface area contributed by atoms with Crippen LogP contribution in [0.15, 0.2) is 54.6 Å². The van der Waals surface area contributed by atoms with E-state index in [4.69, 9.17) is 4.74 Å². The summed E-state index contributed by atoms with van der Waals surface area (Å²) >= 11 is 0. The van der Waals surface area contributed by atoms with E-state index < -0.39 is 0 Å². The van der Waals surface area contributed by atoms with Crippen LogP contribution >= 0.6 is 0 Å². The molecule has 0 fully saturated rings. The van der Waals surface area contributed by atoms with Crippen LogP contribution in [-0.4, -0.2) is 13.2 Å². The zero-order valence-electron chi connectivity index (χ0n) is 10.3. The zero-order chi connectivity index (χ0) is 12.2. The molecule has 1 atom stereocenters. The van der Waals surface area contributed by atoms with Crippen molar-refractivity contribution in [2.75, 3.05) is 18.5 Å². The number of benzene rings is 2. The van der Waals surface area contributed by atoms with Crippen LogP contribution in [0.1, 0.15) is 5.56 Å². The van der Waals surface area contributed by atoms with Crippen LogP contribution in [0.25, 0.3) is 0 Å². The summed E-state index contributed by atoms with van der Waals surface area (Å²) < 4.78 is 5.78. The highest BCUT2D eigenvalue weighted by molar-refractivity contribution is 5.42. The molecule has 0 aliphatic carbocycles. The normalized spacial score (nSPS) is 17.7. The summed E-state index contributed by atoms with van der Waals surface area (Å²) in [5.74, 6) is 1.59. The van der Waals surface area contributed by atoms with Crippen molar-refractivity contribution < 1.29 is 4.74 Å². The monoisotopic (exact) mass is 239 g/mol. The quantitative estimate of drug-likeness (QED) is 0.887. The fourth-order valence-corrected chi connectivity index (χ4v) is 2.34. The lowest BCUT2D eigenvalue weighted by Crippen LogP contribution is -2.27. The van der Waals surface area contributed by atoms with Gasteiger partial charge in [0.25, 0.3) is 0 Å². The first-order valence-corrected chi connectivity index (χ1v) is 6.41.